The number of aryl methyl sites for hydroxylation is 3. The number of hydrogen-bond donors (Lipinski definition) is 0. The Kier molecular flexibility index (Phi) is 4.37. The summed E-state index contributed by atoms with van der Waals surface area (Å²) in [7, 11) is 3.72. The third kappa shape index (κ3) is 2.80. The quantitative estimate of drug-likeness (QED) is 0.748. The van der Waals surface area contributed by atoms with Crippen LogP contribution in [0.2, 0.25) is 0 Å². The summed E-state index contributed by atoms with van der Waals surface area (Å²) in [5.74, 6) is 1.49. The van der Waals surface area contributed by atoms with Gasteiger partial charge in [0, 0.05) is 27.2 Å². The van der Waals surface area contributed by atoms with E-state index >= 15 is 0 Å². The van der Waals surface area contributed by atoms with Gasteiger partial charge in [0.05, 0.1) is 6.54 Å². The molecular weight excluding hydrogens is 266 g/mol. The van der Waals surface area contributed by atoms with Gasteiger partial charge >= 0.3 is 0 Å². The Bertz CT molecular complexity index is 731. The van der Waals surface area contributed by atoms with Gasteiger partial charge in [-0.05, 0) is 6.92 Å². The predicted octanol–water partition coefficient (Wildman–Crippen LogP) is 1.15. The lowest BCUT2D eigenvalue weighted by atomic mass is 10.4. The molecule has 0 aliphatic rings. The first kappa shape index (κ1) is 15.2. The van der Waals surface area contributed by atoms with Gasteiger partial charge in [0.25, 0.3) is 5.56 Å². The zero-order valence-corrected chi connectivity index (χ0v) is 12.8. The molecule has 0 amide bonds. The van der Waals surface area contributed by atoms with E-state index in [0.29, 0.717) is 23.5 Å². The molecule has 0 spiro atoms. The molecule has 0 bridgehead atoms. The van der Waals surface area contributed by atoms with Crippen molar-refractivity contribution in [2.45, 2.75) is 13.5 Å². The van der Waals surface area contributed by atoms with Gasteiger partial charge in [-0.1, -0.05) is 12.2 Å². The molecule has 2 aromatic heterocycles. The van der Waals surface area contributed by atoms with Crippen molar-refractivity contribution in [3.63, 3.8) is 0 Å². The van der Waals surface area contributed by atoms with Crippen molar-refractivity contribution in [1.29, 1.82) is 0 Å². The van der Waals surface area contributed by atoms with Crippen molar-refractivity contribution in [3.8, 4) is 0 Å². The highest BCUT2D eigenvalue weighted by atomic mass is 16.1. The van der Waals surface area contributed by atoms with Crippen molar-refractivity contribution < 1.29 is 0 Å². The van der Waals surface area contributed by atoms with E-state index in [-0.39, 0.29) is 5.56 Å². The molecule has 0 N–H and O–H groups in total. The van der Waals surface area contributed by atoms with Crippen LogP contribution < -0.4 is 5.56 Å². The van der Waals surface area contributed by atoms with E-state index in [9.17, 15) is 4.79 Å². The van der Waals surface area contributed by atoms with Crippen LogP contribution >= 0.6 is 0 Å². The zero-order valence-electron chi connectivity index (χ0n) is 12.8. The third-order valence-corrected chi connectivity index (χ3v) is 3.58. The second-order valence-electron chi connectivity index (χ2n) is 5.05. The van der Waals surface area contributed by atoms with Crippen LogP contribution in [0.25, 0.3) is 11.2 Å². The van der Waals surface area contributed by atoms with Gasteiger partial charge in [-0.15, -0.1) is 13.2 Å². The highest BCUT2D eigenvalue weighted by Gasteiger charge is 2.16. The molecule has 0 radical (unpaired) electrons. The van der Waals surface area contributed by atoms with Gasteiger partial charge in [-0.3, -0.25) is 9.69 Å². The molecule has 2 heterocycles. The summed E-state index contributed by atoms with van der Waals surface area (Å²) in [4.78, 5) is 22.9. The molecule has 6 heteroatoms. The summed E-state index contributed by atoms with van der Waals surface area (Å²) in [6, 6.07) is 0. The molecule has 0 unspecified atom stereocenters. The smallest absolute Gasteiger partial charge is 0.299 e. The largest absolute Gasteiger partial charge is 0.324 e. The van der Waals surface area contributed by atoms with Crippen LogP contribution in [0.5, 0.6) is 0 Å². The summed E-state index contributed by atoms with van der Waals surface area (Å²) in [6.45, 7) is 11.4. The first-order valence-corrected chi connectivity index (χ1v) is 6.82. The highest BCUT2D eigenvalue weighted by Crippen LogP contribution is 2.13. The van der Waals surface area contributed by atoms with E-state index in [4.69, 9.17) is 0 Å². The molecule has 112 valence electrons. The summed E-state index contributed by atoms with van der Waals surface area (Å²) in [5, 5.41) is 0. The lowest BCUT2D eigenvalue weighted by molar-refractivity contribution is 0.316. The standard InChI is InChI=1S/C15H21N5O/c1-6-8-20(9-7-2)10-12-17-14-13(19(12)5)15(21)16-11(3)18(14)4/h6-7H,1-2,8-10H2,3-5H3. The van der Waals surface area contributed by atoms with E-state index in [1.165, 1.54) is 0 Å². The minimum Gasteiger partial charge on any atom is -0.324 e. The SMILES string of the molecule is C=CCN(CC=C)Cc1nc2c(c(=O)nc(C)n2C)n1C. The van der Waals surface area contributed by atoms with E-state index < -0.39 is 0 Å². The first-order chi connectivity index (χ1) is 9.99. The molecule has 0 aromatic carbocycles. The van der Waals surface area contributed by atoms with Gasteiger partial charge in [0.1, 0.15) is 11.6 Å². The summed E-state index contributed by atoms with van der Waals surface area (Å²) < 4.78 is 3.66. The zero-order chi connectivity index (χ0) is 15.6. The molecule has 0 atom stereocenters. The molecule has 2 rings (SSSR count). The van der Waals surface area contributed by atoms with Crippen molar-refractivity contribution >= 4 is 11.2 Å². The van der Waals surface area contributed by atoms with Gasteiger partial charge in [-0.2, -0.15) is 4.98 Å². The molecule has 0 saturated carbocycles. The average molecular weight is 287 g/mol. The molecule has 0 aliphatic heterocycles. The third-order valence-electron chi connectivity index (χ3n) is 3.58. The second-order valence-corrected chi connectivity index (χ2v) is 5.05. The van der Waals surface area contributed by atoms with Crippen LogP contribution in [0, 0.1) is 6.92 Å². The number of fused-ring (bicyclic) bond motifs is 1. The molecule has 2 aromatic rings. The number of imidazole rings is 1. The van der Waals surface area contributed by atoms with E-state index in [2.05, 4.69) is 28.0 Å². The first-order valence-electron chi connectivity index (χ1n) is 6.82. The number of rotatable bonds is 6. The van der Waals surface area contributed by atoms with E-state index in [1.807, 2.05) is 35.4 Å². The Balaban J connectivity index is 2.50. The molecule has 6 nitrogen and oxygen atoms in total. The van der Waals surface area contributed by atoms with Gasteiger partial charge in [-0.25, -0.2) is 4.98 Å². The predicted molar refractivity (Wildman–Crippen MR) is 84.2 cm³/mol. The molecule has 21 heavy (non-hydrogen) atoms. The number of hydrogen-bond acceptors (Lipinski definition) is 4. The van der Waals surface area contributed by atoms with E-state index in [1.54, 1.807) is 6.92 Å². The maximum Gasteiger partial charge on any atom is 0.299 e. The highest BCUT2D eigenvalue weighted by molar-refractivity contribution is 5.71. The van der Waals surface area contributed by atoms with Crippen LogP contribution in [-0.4, -0.2) is 37.1 Å². The Labute approximate surface area is 124 Å². The lowest BCUT2D eigenvalue weighted by Gasteiger charge is -2.17. The number of aromatic nitrogens is 4. The van der Waals surface area contributed by atoms with Gasteiger partial charge in [0.15, 0.2) is 11.2 Å². The topological polar surface area (TPSA) is 56.0 Å². The van der Waals surface area contributed by atoms with Crippen molar-refractivity contribution in [3.05, 3.63) is 47.3 Å². The molecule has 0 saturated heterocycles. The molecule has 0 fully saturated rings. The number of nitrogens with zero attached hydrogens (tertiary/aromatic N) is 5. The monoisotopic (exact) mass is 287 g/mol. The lowest BCUT2D eigenvalue weighted by Crippen LogP contribution is -2.25. The summed E-state index contributed by atoms with van der Waals surface area (Å²) in [5.41, 5.74) is 0.971. The average Bonchev–Trinajstić information content (AvgIpc) is 2.75. The molecular formula is C15H21N5O. The Morgan fingerprint density at radius 1 is 1.14 bits per heavy atom. The minimum absolute atomic E-state index is 0.235. The van der Waals surface area contributed by atoms with Crippen LogP contribution in [0.1, 0.15) is 11.6 Å². The fourth-order valence-electron chi connectivity index (χ4n) is 2.34. The van der Waals surface area contributed by atoms with E-state index in [0.717, 1.165) is 18.9 Å². The summed E-state index contributed by atoms with van der Waals surface area (Å²) in [6.07, 6.45) is 3.69. The fraction of sp³-hybridized carbons (Fsp3) is 0.400. The fourth-order valence-corrected chi connectivity index (χ4v) is 2.34. The minimum atomic E-state index is -0.235. The summed E-state index contributed by atoms with van der Waals surface area (Å²) >= 11 is 0. The maximum absolute atomic E-state index is 12.1. The Hall–Kier alpha value is -2.21. The van der Waals surface area contributed by atoms with Crippen LogP contribution in [0.3, 0.4) is 0 Å². The van der Waals surface area contributed by atoms with Crippen LogP contribution in [0.4, 0.5) is 0 Å². The second kappa shape index (κ2) is 6.05. The van der Waals surface area contributed by atoms with Crippen LogP contribution in [-0.2, 0) is 20.6 Å². The molecule has 0 aliphatic carbocycles. The van der Waals surface area contributed by atoms with Crippen molar-refractivity contribution in [2.75, 3.05) is 13.1 Å². The Morgan fingerprint density at radius 2 is 1.76 bits per heavy atom. The van der Waals surface area contributed by atoms with Crippen LogP contribution in [0.15, 0.2) is 30.1 Å². The maximum atomic E-state index is 12.1. The van der Waals surface area contributed by atoms with Crippen molar-refractivity contribution in [1.82, 2.24) is 24.0 Å². The normalized spacial score (nSPS) is 11.2. The van der Waals surface area contributed by atoms with Gasteiger partial charge in [0.2, 0.25) is 0 Å². The van der Waals surface area contributed by atoms with Gasteiger partial charge < -0.3 is 9.13 Å². The Morgan fingerprint density at radius 3 is 2.33 bits per heavy atom. The van der Waals surface area contributed by atoms with Crippen molar-refractivity contribution in [2.24, 2.45) is 14.1 Å².